The van der Waals surface area contributed by atoms with E-state index >= 15 is 0 Å². The van der Waals surface area contributed by atoms with Crippen LogP contribution in [0.5, 0.6) is 5.75 Å². The van der Waals surface area contributed by atoms with Crippen molar-refractivity contribution in [2.45, 2.75) is 18.8 Å². The van der Waals surface area contributed by atoms with Crippen LogP contribution < -0.4 is 4.74 Å². The van der Waals surface area contributed by atoms with Gasteiger partial charge in [0.1, 0.15) is 5.75 Å². The number of rotatable bonds is 2. The molecule has 0 saturated heterocycles. The molecule has 0 saturated carbocycles. The summed E-state index contributed by atoms with van der Waals surface area (Å²) in [7, 11) is 0. The number of carboxylic acid groups (broad SMARTS) is 1. The first kappa shape index (κ1) is 11.1. The number of halogens is 1. The molecule has 1 atom stereocenters. The Balaban J connectivity index is 2.43. The number of carbonyl (C=O) groups is 2. The predicted octanol–water partition coefficient (Wildman–Crippen LogP) is 2.32. The Hall–Kier alpha value is -1.36. The molecule has 1 aromatic rings. The van der Waals surface area contributed by atoms with E-state index in [1.165, 1.54) is 0 Å². The van der Waals surface area contributed by atoms with Gasteiger partial charge in [-0.1, -0.05) is 22.0 Å². The third kappa shape index (κ3) is 2.09. The quantitative estimate of drug-likeness (QED) is 0.669. The van der Waals surface area contributed by atoms with Crippen molar-refractivity contribution in [3.63, 3.8) is 0 Å². The Morgan fingerprint density at radius 1 is 1.56 bits per heavy atom. The molecule has 2 rings (SSSR count). The summed E-state index contributed by atoms with van der Waals surface area (Å²) in [4.78, 5) is 22.0. The maximum atomic E-state index is 11.3. The Kier molecular flexibility index (Phi) is 2.96. The van der Waals surface area contributed by atoms with Gasteiger partial charge >= 0.3 is 11.9 Å². The van der Waals surface area contributed by atoms with E-state index in [-0.39, 0.29) is 24.7 Å². The van der Waals surface area contributed by atoms with Gasteiger partial charge in [0.25, 0.3) is 0 Å². The Morgan fingerprint density at radius 3 is 3.00 bits per heavy atom. The highest BCUT2D eigenvalue weighted by atomic mass is 79.9. The number of benzene rings is 1. The summed E-state index contributed by atoms with van der Waals surface area (Å²) < 4.78 is 5.84. The fraction of sp³-hybridized carbons (Fsp3) is 0.273. The molecule has 5 heteroatoms. The van der Waals surface area contributed by atoms with Gasteiger partial charge in [-0.15, -0.1) is 0 Å². The lowest BCUT2D eigenvalue weighted by molar-refractivity contribution is -0.139. The van der Waals surface area contributed by atoms with Crippen LogP contribution in [0.25, 0.3) is 0 Å². The van der Waals surface area contributed by atoms with E-state index in [9.17, 15) is 9.59 Å². The minimum Gasteiger partial charge on any atom is -0.481 e. The van der Waals surface area contributed by atoms with Gasteiger partial charge in [0.15, 0.2) is 0 Å². The van der Waals surface area contributed by atoms with Crippen molar-refractivity contribution in [1.29, 1.82) is 0 Å². The first-order valence-corrected chi connectivity index (χ1v) is 5.58. The van der Waals surface area contributed by atoms with Crippen molar-refractivity contribution in [3.05, 3.63) is 28.2 Å². The molecule has 1 aliphatic rings. The largest absolute Gasteiger partial charge is 0.481 e. The van der Waals surface area contributed by atoms with E-state index in [2.05, 4.69) is 15.9 Å². The monoisotopic (exact) mass is 284 g/mol. The van der Waals surface area contributed by atoms with E-state index in [0.29, 0.717) is 5.75 Å². The van der Waals surface area contributed by atoms with Crippen molar-refractivity contribution in [3.8, 4) is 5.75 Å². The average molecular weight is 285 g/mol. The van der Waals surface area contributed by atoms with Crippen molar-refractivity contribution < 1.29 is 19.4 Å². The molecule has 0 amide bonds. The van der Waals surface area contributed by atoms with Crippen LogP contribution in [0.15, 0.2) is 22.7 Å². The summed E-state index contributed by atoms with van der Waals surface area (Å²) in [6.45, 7) is 0. The molecule has 1 heterocycles. The van der Waals surface area contributed by atoms with Crippen LogP contribution in [0.3, 0.4) is 0 Å². The summed E-state index contributed by atoms with van der Waals surface area (Å²) in [6.07, 6.45) is 0.0482. The molecule has 0 fully saturated rings. The fourth-order valence-electron chi connectivity index (χ4n) is 1.86. The molecule has 84 valence electrons. The number of carbonyl (C=O) groups excluding carboxylic acids is 1. The first-order valence-electron chi connectivity index (χ1n) is 4.79. The van der Waals surface area contributed by atoms with Crippen LogP contribution in [-0.4, -0.2) is 17.0 Å². The zero-order chi connectivity index (χ0) is 11.7. The Bertz CT molecular complexity index is 455. The van der Waals surface area contributed by atoms with Crippen LogP contribution in [0, 0.1) is 0 Å². The molecular weight excluding hydrogens is 276 g/mol. The summed E-state index contributed by atoms with van der Waals surface area (Å²) in [5.74, 6) is -1.15. The highest BCUT2D eigenvalue weighted by Crippen LogP contribution is 2.40. The van der Waals surface area contributed by atoms with Gasteiger partial charge in [0, 0.05) is 16.0 Å². The van der Waals surface area contributed by atoms with Gasteiger partial charge in [-0.25, -0.2) is 0 Å². The molecule has 1 aliphatic heterocycles. The van der Waals surface area contributed by atoms with Crippen LogP contribution in [-0.2, 0) is 9.59 Å². The second-order valence-corrected chi connectivity index (χ2v) is 4.48. The van der Waals surface area contributed by atoms with Crippen LogP contribution in [0.1, 0.15) is 24.3 Å². The number of carboxylic acids is 1. The molecule has 0 aliphatic carbocycles. The molecule has 16 heavy (non-hydrogen) atoms. The fourth-order valence-corrected chi connectivity index (χ4v) is 2.53. The maximum Gasteiger partial charge on any atom is 0.311 e. The second-order valence-electron chi connectivity index (χ2n) is 3.62. The van der Waals surface area contributed by atoms with Crippen LogP contribution >= 0.6 is 15.9 Å². The van der Waals surface area contributed by atoms with Gasteiger partial charge in [0.2, 0.25) is 0 Å². The summed E-state index contributed by atoms with van der Waals surface area (Å²) in [5, 5.41) is 8.80. The maximum absolute atomic E-state index is 11.3. The normalized spacial score (nSPS) is 18.8. The number of hydrogen-bond donors (Lipinski definition) is 1. The number of fused-ring (bicyclic) bond motifs is 1. The summed E-state index contributed by atoms with van der Waals surface area (Å²) in [6, 6.07) is 5.23. The molecule has 0 aromatic heterocycles. The zero-order valence-corrected chi connectivity index (χ0v) is 9.86. The predicted molar refractivity (Wildman–Crippen MR) is 59.4 cm³/mol. The second kappa shape index (κ2) is 4.25. The number of ether oxygens (including phenoxy) is 1. The highest BCUT2D eigenvalue weighted by Gasteiger charge is 2.30. The molecule has 1 unspecified atom stereocenters. The van der Waals surface area contributed by atoms with Crippen molar-refractivity contribution in [1.82, 2.24) is 0 Å². The van der Waals surface area contributed by atoms with E-state index < -0.39 is 5.97 Å². The lowest BCUT2D eigenvalue weighted by atomic mass is 9.90. The number of esters is 1. The van der Waals surface area contributed by atoms with E-state index in [4.69, 9.17) is 9.84 Å². The van der Waals surface area contributed by atoms with Gasteiger partial charge in [0.05, 0.1) is 12.8 Å². The van der Waals surface area contributed by atoms with Crippen LogP contribution in [0.2, 0.25) is 0 Å². The smallest absolute Gasteiger partial charge is 0.311 e. The third-order valence-electron chi connectivity index (χ3n) is 2.48. The van der Waals surface area contributed by atoms with Gasteiger partial charge in [-0.05, 0) is 12.1 Å². The first-order chi connectivity index (χ1) is 7.58. The highest BCUT2D eigenvalue weighted by molar-refractivity contribution is 9.10. The van der Waals surface area contributed by atoms with E-state index in [1.54, 1.807) is 12.1 Å². The lowest BCUT2D eigenvalue weighted by Crippen LogP contribution is -2.22. The van der Waals surface area contributed by atoms with Crippen molar-refractivity contribution in [2.24, 2.45) is 0 Å². The standard InChI is InChI=1S/C11H9BrO4/c12-7-2-1-3-8-11(7)6(4-9(13)14)5-10(15)16-8/h1-3,6H,4-5H2,(H,13,14). The Morgan fingerprint density at radius 2 is 2.31 bits per heavy atom. The number of hydrogen-bond acceptors (Lipinski definition) is 3. The molecule has 0 spiro atoms. The zero-order valence-electron chi connectivity index (χ0n) is 8.27. The van der Waals surface area contributed by atoms with Crippen LogP contribution in [0.4, 0.5) is 0 Å². The minimum absolute atomic E-state index is 0.0648. The van der Waals surface area contributed by atoms with Crippen molar-refractivity contribution >= 4 is 27.9 Å². The summed E-state index contributed by atoms with van der Waals surface area (Å²) in [5.41, 5.74) is 0.768. The van der Waals surface area contributed by atoms with Gasteiger partial charge in [-0.2, -0.15) is 0 Å². The van der Waals surface area contributed by atoms with Crippen molar-refractivity contribution in [2.75, 3.05) is 0 Å². The van der Waals surface area contributed by atoms with Gasteiger partial charge < -0.3 is 9.84 Å². The number of aliphatic carboxylic acids is 1. The molecule has 4 nitrogen and oxygen atoms in total. The van der Waals surface area contributed by atoms with Gasteiger partial charge in [-0.3, -0.25) is 9.59 Å². The van der Waals surface area contributed by atoms with E-state index in [0.717, 1.165) is 10.0 Å². The SMILES string of the molecule is O=C(O)CC1CC(=O)Oc2cccc(Br)c21. The summed E-state index contributed by atoms with van der Waals surface area (Å²) >= 11 is 3.35. The molecule has 0 radical (unpaired) electrons. The molecule has 1 aromatic carbocycles. The minimum atomic E-state index is -0.915. The lowest BCUT2D eigenvalue weighted by Gasteiger charge is -2.24. The topological polar surface area (TPSA) is 63.6 Å². The molecular formula is C11H9BrO4. The molecule has 1 N–H and O–H groups in total. The third-order valence-corrected chi connectivity index (χ3v) is 3.17. The average Bonchev–Trinajstić information content (AvgIpc) is 2.15. The van der Waals surface area contributed by atoms with E-state index in [1.807, 2.05) is 6.07 Å². The Labute approximate surface area is 100 Å². The molecule has 0 bridgehead atoms.